The molecule has 2 rings (SSSR count). The second kappa shape index (κ2) is 5.63. The fraction of sp³-hybridized carbons (Fsp3) is 0.462. The van der Waals surface area contributed by atoms with Gasteiger partial charge in [0.25, 0.3) is 0 Å². The second-order valence-electron chi connectivity index (χ2n) is 4.38. The molecule has 1 atom stereocenters. The number of anilines is 1. The van der Waals surface area contributed by atoms with Gasteiger partial charge in [0, 0.05) is 24.3 Å². The average molecular weight is 268 g/mol. The van der Waals surface area contributed by atoms with Crippen LogP contribution < -0.4 is 10.6 Å². The molecule has 1 aliphatic heterocycles. The third kappa shape index (κ3) is 2.79. The molecule has 0 aromatic heterocycles. The lowest BCUT2D eigenvalue weighted by Crippen LogP contribution is -2.42. The van der Waals surface area contributed by atoms with E-state index in [9.17, 15) is 4.39 Å². The molecule has 1 unspecified atom stereocenters. The summed E-state index contributed by atoms with van der Waals surface area (Å²) in [5.41, 5.74) is 6.60. The van der Waals surface area contributed by atoms with Gasteiger partial charge in [0.15, 0.2) is 0 Å². The first-order valence-electron chi connectivity index (χ1n) is 6.07. The van der Waals surface area contributed by atoms with Gasteiger partial charge in [-0.3, -0.25) is 0 Å². The van der Waals surface area contributed by atoms with Crippen LogP contribution in [0.15, 0.2) is 18.2 Å². The maximum absolute atomic E-state index is 13.8. The summed E-state index contributed by atoms with van der Waals surface area (Å²) in [4.78, 5) is 2.22. The zero-order valence-corrected chi connectivity index (χ0v) is 11.2. The van der Waals surface area contributed by atoms with Crippen molar-refractivity contribution in [1.82, 2.24) is 0 Å². The molecular weight excluding hydrogens is 251 g/mol. The lowest BCUT2D eigenvalue weighted by atomic mass is 10.1. The SMILES string of the molecule is CCC1CN(c2ccc(C(N)=S)c(F)c2)CCO1. The van der Waals surface area contributed by atoms with Crippen LogP contribution in [0, 0.1) is 5.82 Å². The summed E-state index contributed by atoms with van der Waals surface area (Å²) in [7, 11) is 0. The largest absolute Gasteiger partial charge is 0.389 e. The smallest absolute Gasteiger partial charge is 0.135 e. The summed E-state index contributed by atoms with van der Waals surface area (Å²) in [6.45, 7) is 4.34. The summed E-state index contributed by atoms with van der Waals surface area (Å²) in [5, 5.41) is 0. The maximum Gasteiger partial charge on any atom is 0.135 e. The molecule has 1 saturated heterocycles. The summed E-state index contributed by atoms with van der Waals surface area (Å²) in [5.74, 6) is -0.362. The van der Waals surface area contributed by atoms with Crippen molar-refractivity contribution >= 4 is 22.9 Å². The summed E-state index contributed by atoms with van der Waals surface area (Å²) >= 11 is 4.79. The first-order chi connectivity index (χ1) is 8.61. The van der Waals surface area contributed by atoms with Crippen molar-refractivity contribution in [2.24, 2.45) is 5.73 Å². The van der Waals surface area contributed by atoms with Gasteiger partial charge in [0.2, 0.25) is 0 Å². The monoisotopic (exact) mass is 268 g/mol. The standard InChI is InChI=1S/C13H17FN2OS/c1-2-10-8-16(5-6-17-10)9-3-4-11(13(15)18)12(14)7-9/h3-4,7,10H,2,5-6,8H2,1H3,(H2,15,18). The van der Waals surface area contributed by atoms with Crippen LogP contribution in [0.1, 0.15) is 18.9 Å². The van der Waals surface area contributed by atoms with E-state index in [1.54, 1.807) is 6.07 Å². The van der Waals surface area contributed by atoms with Crippen molar-refractivity contribution in [3.63, 3.8) is 0 Å². The Morgan fingerprint density at radius 1 is 1.61 bits per heavy atom. The van der Waals surface area contributed by atoms with Crippen molar-refractivity contribution in [2.75, 3.05) is 24.6 Å². The van der Waals surface area contributed by atoms with Crippen LogP contribution in [0.25, 0.3) is 0 Å². The van der Waals surface area contributed by atoms with Gasteiger partial charge in [0.1, 0.15) is 10.8 Å². The van der Waals surface area contributed by atoms with Crippen molar-refractivity contribution in [3.05, 3.63) is 29.6 Å². The lowest BCUT2D eigenvalue weighted by molar-refractivity contribution is 0.0384. The highest BCUT2D eigenvalue weighted by atomic mass is 32.1. The van der Waals surface area contributed by atoms with E-state index in [-0.39, 0.29) is 16.9 Å². The highest BCUT2D eigenvalue weighted by Gasteiger charge is 2.20. The molecule has 1 fully saturated rings. The second-order valence-corrected chi connectivity index (χ2v) is 4.82. The molecule has 1 aliphatic rings. The van der Waals surface area contributed by atoms with E-state index in [1.807, 2.05) is 6.07 Å². The molecule has 0 bridgehead atoms. The quantitative estimate of drug-likeness (QED) is 0.852. The molecule has 0 saturated carbocycles. The number of nitrogens with zero attached hydrogens (tertiary/aromatic N) is 1. The Kier molecular flexibility index (Phi) is 4.14. The van der Waals surface area contributed by atoms with Crippen LogP contribution >= 0.6 is 12.2 Å². The Balaban J connectivity index is 2.18. The van der Waals surface area contributed by atoms with Crippen LogP contribution in [-0.2, 0) is 4.74 Å². The number of benzene rings is 1. The first kappa shape index (κ1) is 13.2. The first-order valence-corrected chi connectivity index (χ1v) is 6.48. The molecule has 1 aromatic rings. The van der Waals surface area contributed by atoms with E-state index < -0.39 is 0 Å². The molecule has 0 aliphatic carbocycles. The molecular formula is C13H17FN2OS. The highest BCUT2D eigenvalue weighted by Crippen LogP contribution is 2.21. The number of thiocarbonyl (C=S) groups is 1. The predicted octanol–water partition coefficient (Wildman–Crippen LogP) is 2.08. The molecule has 5 heteroatoms. The highest BCUT2D eigenvalue weighted by molar-refractivity contribution is 7.80. The van der Waals surface area contributed by atoms with Crippen LogP contribution in [0.5, 0.6) is 0 Å². The molecule has 0 amide bonds. The van der Waals surface area contributed by atoms with Gasteiger partial charge in [-0.2, -0.15) is 0 Å². The summed E-state index contributed by atoms with van der Waals surface area (Å²) in [6.07, 6.45) is 1.18. The number of hydrogen-bond acceptors (Lipinski definition) is 3. The molecule has 98 valence electrons. The Labute approximate surface area is 112 Å². The Bertz CT molecular complexity index is 453. The maximum atomic E-state index is 13.8. The van der Waals surface area contributed by atoms with Gasteiger partial charge in [0.05, 0.1) is 12.7 Å². The van der Waals surface area contributed by atoms with Crippen LogP contribution in [0.4, 0.5) is 10.1 Å². The fourth-order valence-corrected chi connectivity index (χ4v) is 2.27. The van der Waals surface area contributed by atoms with Gasteiger partial charge in [-0.1, -0.05) is 19.1 Å². The number of hydrogen-bond donors (Lipinski definition) is 1. The fourth-order valence-electron chi connectivity index (χ4n) is 2.10. The molecule has 0 radical (unpaired) electrons. The minimum atomic E-state index is -0.362. The number of halogens is 1. The van der Waals surface area contributed by atoms with E-state index in [0.717, 1.165) is 25.2 Å². The molecule has 0 spiro atoms. The Morgan fingerprint density at radius 3 is 3.00 bits per heavy atom. The van der Waals surface area contributed by atoms with E-state index in [2.05, 4.69) is 11.8 Å². The normalized spacial score (nSPS) is 19.9. The third-order valence-corrected chi connectivity index (χ3v) is 3.40. The van der Waals surface area contributed by atoms with E-state index >= 15 is 0 Å². The van der Waals surface area contributed by atoms with Gasteiger partial charge >= 0.3 is 0 Å². The van der Waals surface area contributed by atoms with Crippen LogP contribution in [0.3, 0.4) is 0 Å². The Morgan fingerprint density at radius 2 is 2.39 bits per heavy atom. The number of morpholine rings is 1. The van der Waals surface area contributed by atoms with Gasteiger partial charge in [-0.25, -0.2) is 4.39 Å². The molecule has 1 aromatic carbocycles. The number of ether oxygens (including phenoxy) is 1. The zero-order chi connectivity index (χ0) is 13.1. The topological polar surface area (TPSA) is 38.5 Å². The van der Waals surface area contributed by atoms with Gasteiger partial charge < -0.3 is 15.4 Å². The molecule has 1 heterocycles. The number of rotatable bonds is 3. The van der Waals surface area contributed by atoms with Crippen molar-refractivity contribution in [1.29, 1.82) is 0 Å². The average Bonchev–Trinajstić information content (AvgIpc) is 2.38. The zero-order valence-electron chi connectivity index (χ0n) is 10.4. The molecule has 18 heavy (non-hydrogen) atoms. The van der Waals surface area contributed by atoms with Gasteiger partial charge in [-0.05, 0) is 24.6 Å². The van der Waals surface area contributed by atoms with Gasteiger partial charge in [-0.15, -0.1) is 0 Å². The van der Waals surface area contributed by atoms with Crippen molar-refractivity contribution in [2.45, 2.75) is 19.4 Å². The summed E-state index contributed by atoms with van der Waals surface area (Å²) < 4.78 is 19.4. The minimum Gasteiger partial charge on any atom is -0.389 e. The molecule has 2 N–H and O–H groups in total. The van der Waals surface area contributed by atoms with Crippen molar-refractivity contribution < 1.29 is 9.13 Å². The predicted molar refractivity (Wildman–Crippen MR) is 74.5 cm³/mol. The van der Waals surface area contributed by atoms with E-state index in [0.29, 0.717) is 12.2 Å². The van der Waals surface area contributed by atoms with E-state index in [1.165, 1.54) is 6.07 Å². The van der Waals surface area contributed by atoms with Crippen LogP contribution in [-0.4, -0.2) is 30.8 Å². The lowest BCUT2D eigenvalue weighted by Gasteiger charge is -2.34. The van der Waals surface area contributed by atoms with E-state index in [4.69, 9.17) is 22.7 Å². The summed E-state index contributed by atoms with van der Waals surface area (Å²) in [6, 6.07) is 4.99. The number of nitrogens with two attached hydrogens (primary N) is 1. The Hall–Kier alpha value is -1.20. The minimum absolute atomic E-state index is 0.0902. The third-order valence-electron chi connectivity index (χ3n) is 3.18. The molecule has 3 nitrogen and oxygen atoms in total. The van der Waals surface area contributed by atoms with Crippen molar-refractivity contribution in [3.8, 4) is 0 Å². The van der Waals surface area contributed by atoms with Crippen LogP contribution in [0.2, 0.25) is 0 Å².